The van der Waals surface area contributed by atoms with E-state index in [9.17, 15) is 18.0 Å². The van der Waals surface area contributed by atoms with Gasteiger partial charge in [-0.3, -0.25) is 4.79 Å². The highest BCUT2D eigenvalue weighted by atomic mass is 19.2. The van der Waals surface area contributed by atoms with Gasteiger partial charge in [-0.15, -0.1) is 0 Å². The Labute approximate surface area is 210 Å². The average Bonchev–Trinajstić information content (AvgIpc) is 2.89. The van der Waals surface area contributed by atoms with Crippen molar-refractivity contribution in [3.8, 4) is 11.5 Å². The fourth-order valence-electron chi connectivity index (χ4n) is 4.54. The van der Waals surface area contributed by atoms with Crippen molar-refractivity contribution < 1.29 is 22.7 Å². The summed E-state index contributed by atoms with van der Waals surface area (Å²) in [6.07, 6.45) is 3.62. The van der Waals surface area contributed by atoms with Crippen LogP contribution in [0.1, 0.15) is 49.7 Å². The molecular formula is C29H31F3N2O2. The second-order valence-corrected chi connectivity index (χ2v) is 9.17. The monoisotopic (exact) mass is 496 g/mol. The second kappa shape index (κ2) is 12.1. The molecule has 1 amide bonds. The molecule has 1 aliphatic heterocycles. The van der Waals surface area contributed by atoms with E-state index in [1.54, 1.807) is 18.2 Å². The summed E-state index contributed by atoms with van der Waals surface area (Å²) in [5.41, 5.74) is 2.33. The molecule has 4 nitrogen and oxygen atoms in total. The third kappa shape index (κ3) is 6.88. The van der Waals surface area contributed by atoms with Gasteiger partial charge in [0.1, 0.15) is 17.3 Å². The van der Waals surface area contributed by atoms with Crippen LogP contribution < -0.4 is 10.1 Å². The molecule has 3 aromatic rings. The first-order valence-corrected chi connectivity index (χ1v) is 12.4. The van der Waals surface area contributed by atoms with Crippen molar-refractivity contribution in [3.05, 3.63) is 89.2 Å². The Bertz CT molecular complexity index is 1180. The SMILES string of the molecule is CCN1CCC(c2ccc(F)c(NC(=O)CCCc3ccc(Oc4ccc(F)c(F)c4)cc3)c2)CC1. The number of nitrogens with zero attached hydrogens (tertiary/aromatic N) is 1. The van der Waals surface area contributed by atoms with Gasteiger partial charge in [-0.25, -0.2) is 13.2 Å². The number of halogens is 3. The maximum Gasteiger partial charge on any atom is 0.224 e. The van der Waals surface area contributed by atoms with Crippen LogP contribution in [0.15, 0.2) is 60.7 Å². The Kier molecular flexibility index (Phi) is 8.65. The first-order chi connectivity index (χ1) is 17.4. The highest BCUT2D eigenvalue weighted by molar-refractivity contribution is 5.90. The zero-order valence-electron chi connectivity index (χ0n) is 20.4. The van der Waals surface area contributed by atoms with Crippen LogP contribution in [0.5, 0.6) is 11.5 Å². The lowest BCUT2D eigenvalue weighted by Crippen LogP contribution is -2.32. The van der Waals surface area contributed by atoms with Crippen molar-refractivity contribution in [1.29, 1.82) is 0 Å². The zero-order chi connectivity index (χ0) is 25.5. The van der Waals surface area contributed by atoms with E-state index in [0.717, 1.165) is 55.7 Å². The van der Waals surface area contributed by atoms with E-state index in [2.05, 4.69) is 17.1 Å². The summed E-state index contributed by atoms with van der Waals surface area (Å²) in [6, 6.07) is 15.6. The zero-order valence-corrected chi connectivity index (χ0v) is 20.4. The van der Waals surface area contributed by atoms with E-state index in [4.69, 9.17) is 4.74 Å². The fourth-order valence-corrected chi connectivity index (χ4v) is 4.54. The van der Waals surface area contributed by atoms with Crippen LogP contribution in [0.4, 0.5) is 18.9 Å². The number of hydrogen-bond donors (Lipinski definition) is 1. The van der Waals surface area contributed by atoms with Gasteiger partial charge in [0.05, 0.1) is 5.69 Å². The Morgan fingerprint density at radius 2 is 1.61 bits per heavy atom. The molecule has 0 aliphatic carbocycles. The van der Waals surface area contributed by atoms with Crippen molar-refractivity contribution in [2.45, 2.75) is 44.9 Å². The number of piperidine rings is 1. The van der Waals surface area contributed by atoms with E-state index in [1.807, 2.05) is 18.2 Å². The van der Waals surface area contributed by atoms with Gasteiger partial charge in [0, 0.05) is 12.5 Å². The van der Waals surface area contributed by atoms with E-state index in [1.165, 1.54) is 12.1 Å². The molecule has 1 aliphatic rings. The molecule has 190 valence electrons. The summed E-state index contributed by atoms with van der Waals surface area (Å²) in [7, 11) is 0. The third-order valence-electron chi connectivity index (χ3n) is 6.69. The summed E-state index contributed by atoms with van der Waals surface area (Å²) in [6.45, 7) is 5.29. The molecule has 0 atom stereocenters. The number of ether oxygens (including phenoxy) is 1. The molecule has 0 saturated carbocycles. The minimum atomic E-state index is -0.966. The van der Waals surface area contributed by atoms with E-state index in [0.29, 0.717) is 24.5 Å². The van der Waals surface area contributed by atoms with Crippen LogP contribution >= 0.6 is 0 Å². The predicted octanol–water partition coefficient (Wildman–Crippen LogP) is 7.06. The van der Waals surface area contributed by atoms with Crippen molar-refractivity contribution in [2.75, 3.05) is 25.0 Å². The standard InChI is InChI=1S/C29H31F3N2O2/c1-2-34-16-14-21(15-17-34)22-8-12-26(31)28(18-22)33-29(35)5-3-4-20-6-9-23(10-7-20)36-24-11-13-25(30)27(32)19-24/h6-13,18-19,21H,2-5,14-17H2,1H3,(H,33,35). The van der Waals surface area contributed by atoms with Gasteiger partial charge < -0.3 is 15.0 Å². The smallest absolute Gasteiger partial charge is 0.224 e. The predicted molar refractivity (Wildman–Crippen MR) is 135 cm³/mol. The lowest BCUT2D eigenvalue weighted by atomic mass is 9.89. The van der Waals surface area contributed by atoms with Crippen LogP contribution in [0.2, 0.25) is 0 Å². The maximum atomic E-state index is 14.4. The van der Waals surface area contributed by atoms with Gasteiger partial charge in [-0.05, 0) is 98.8 Å². The van der Waals surface area contributed by atoms with E-state index < -0.39 is 17.5 Å². The third-order valence-corrected chi connectivity index (χ3v) is 6.69. The molecule has 0 unspecified atom stereocenters. The van der Waals surface area contributed by atoms with Gasteiger partial charge in [0.15, 0.2) is 11.6 Å². The number of amides is 1. The van der Waals surface area contributed by atoms with Crippen LogP contribution in [0.3, 0.4) is 0 Å². The van der Waals surface area contributed by atoms with E-state index >= 15 is 0 Å². The van der Waals surface area contributed by atoms with Crippen LogP contribution in [-0.2, 0) is 11.2 Å². The van der Waals surface area contributed by atoms with E-state index in [-0.39, 0.29) is 23.8 Å². The topological polar surface area (TPSA) is 41.6 Å². The Morgan fingerprint density at radius 3 is 2.31 bits per heavy atom. The number of aryl methyl sites for hydroxylation is 1. The number of nitrogens with one attached hydrogen (secondary N) is 1. The number of likely N-dealkylation sites (tertiary alicyclic amines) is 1. The van der Waals surface area contributed by atoms with Gasteiger partial charge in [0.25, 0.3) is 0 Å². The molecule has 0 bridgehead atoms. The quantitative estimate of drug-likeness (QED) is 0.345. The summed E-state index contributed by atoms with van der Waals surface area (Å²) in [5.74, 6) is -1.44. The van der Waals surface area contributed by atoms with Crippen LogP contribution in [0, 0.1) is 17.5 Å². The van der Waals surface area contributed by atoms with Gasteiger partial charge in [-0.1, -0.05) is 25.1 Å². The number of carbonyl (C=O) groups is 1. The van der Waals surface area contributed by atoms with Crippen LogP contribution in [-0.4, -0.2) is 30.4 Å². The summed E-state index contributed by atoms with van der Waals surface area (Å²) in [4.78, 5) is 14.9. The van der Waals surface area contributed by atoms with Gasteiger partial charge >= 0.3 is 0 Å². The fraction of sp³-hybridized carbons (Fsp3) is 0.345. The lowest BCUT2D eigenvalue weighted by molar-refractivity contribution is -0.116. The molecule has 3 aromatic carbocycles. The van der Waals surface area contributed by atoms with Crippen molar-refractivity contribution in [1.82, 2.24) is 4.90 Å². The molecule has 1 saturated heterocycles. The summed E-state index contributed by atoms with van der Waals surface area (Å²) < 4.78 is 46.3. The minimum absolute atomic E-state index is 0.209. The number of anilines is 1. The van der Waals surface area contributed by atoms with Gasteiger partial charge in [0.2, 0.25) is 5.91 Å². The van der Waals surface area contributed by atoms with Gasteiger partial charge in [-0.2, -0.15) is 0 Å². The second-order valence-electron chi connectivity index (χ2n) is 9.17. The first kappa shape index (κ1) is 25.8. The van der Waals surface area contributed by atoms with Crippen molar-refractivity contribution in [3.63, 3.8) is 0 Å². The lowest BCUT2D eigenvalue weighted by Gasteiger charge is -2.31. The normalized spacial score (nSPS) is 14.6. The maximum absolute atomic E-state index is 14.4. The molecule has 1 fully saturated rings. The number of hydrogen-bond acceptors (Lipinski definition) is 3. The first-order valence-electron chi connectivity index (χ1n) is 12.4. The largest absolute Gasteiger partial charge is 0.457 e. The van der Waals surface area contributed by atoms with Crippen LogP contribution in [0.25, 0.3) is 0 Å². The number of rotatable bonds is 9. The molecular weight excluding hydrogens is 465 g/mol. The Hall–Kier alpha value is -3.32. The molecule has 7 heteroatoms. The molecule has 0 spiro atoms. The minimum Gasteiger partial charge on any atom is -0.457 e. The summed E-state index contributed by atoms with van der Waals surface area (Å²) >= 11 is 0. The number of carbonyl (C=O) groups excluding carboxylic acids is 1. The highest BCUT2D eigenvalue weighted by Gasteiger charge is 2.21. The molecule has 0 aromatic heterocycles. The number of benzene rings is 3. The Morgan fingerprint density at radius 1 is 0.917 bits per heavy atom. The molecule has 0 radical (unpaired) electrons. The molecule has 4 rings (SSSR count). The highest BCUT2D eigenvalue weighted by Crippen LogP contribution is 2.30. The molecule has 1 N–H and O–H groups in total. The average molecular weight is 497 g/mol. The molecule has 36 heavy (non-hydrogen) atoms. The Balaban J connectivity index is 1.25. The summed E-state index contributed by atoms with van der Waals surface area (Å²) in [5, 5.41) is 2.74. The van der Waals surface area contributed by atoms with Crippen molar-refractivity contribution >= 4 is 11.6 Å². The van der Waals surface area contributed by atoms with Crippen molar-refractivity contribution in [2.24, 2.45) is 0 Å². The molecule has 1 heterocycles.